The summed E-state index contributed by atoms with van der Waals surface area (Å²) in [5.41, 5.74) is 1.15. The van der Waals surface area contributed by atoms with Crippen LogP contribution in [0.25, 0.3) is 0 Å². The van der Waals surface area contributed by atoms with Crippen molar-refractivity contribution in [3.8, 4) is 0 Å². The molecule has 15 heavy (non-hydrogen) atoms. The zero-order valence-electron chi connectivity index (χ0n) is 8.39. The Morgan fingerprint density at radius 1 is 1.33 bits per heavy atom. The van der Waals surface area contributed by atoms with Gasteiger partial charge in [0, 0.05) is 6.54 Å². The molecule has 3 N–H and O–H groups in total. The minimum atomic E-state index is -1.10. The molecule has 1 unspecified atom stereocenters. The van der Waals surface area contributed by atoms with E-state index in [0.29, 0.717) is 6.42 Å². The predicted molar refractivity (Wildman–Crippen MR) is 56.8 cm³/mol. The van der Waals surface area contributed by atoms with E-state index < -0.39 is 12.2 Å². The van der Waals surface area contributed by atoms with Crippen molar-refractivity contribution >= 4 is 6.09 Å². The second kappa shape index (κ2) is 6.03. The van der Waals surface area contributed by atoms with Crippen molar-refractivity contribution in [1.29, 1.82) is 0 Å². The van der Waals surface area contributed by atoms with Crippen molar-refractivity contribution in [2.75, 3.05) is 6.54 Å². The Morgan fingerprint density at radius 2 is 2.00 bits per heavy atom. The molecule has 0 heterocycles. The highest BCUT2D eigenvalue weighted by molar-refractivity contribution is 5.64. The molecule has 0 aliphatic rings. The Kier molecular flexibility index (Phi) is 4.63. The van der Waals surface area contributed by atoms with Gasteiger partial charge in [-0.25, -0.2) is 4.79 Å². The fourth-order valence-corrected chi connectivity index (χ4v) is 1.29. The second-order valence-electron chi connectivity index (χ2n) is 3.36. The van der Waals surface area contributed by atoms with E-state index in [1.165, 1.54) is 0 Å². The van der Waals surface area contributed by atoms with Gasteiger partial charge in [-0.3, -0.25) is 0 Å². The van der Waals surface area contributed by atoms with Crippen LogP contribution in [0.3, 0.4) is 0 Å². The van der Waals surface area contributed by atoms with Crippen molar-refractivity contribution in [1.82, 2.24) is 5.32 Å². The van der Waals surface area contributed by atoms with Crippen LogP contribution in [-0.2, 0) is 6.42 Å². The summed E-state index contributed by atoms with van der Waals surface area (Å²) in [5.74, 6) is 0. The molecule has 0 saturated heterocycles. The summed E-state index contributed by atoms with van der Waals surface area (Å²) < 4.78 is 0. The third kappa shape index (κ3) is 5.02. The first-order chi connectivity index (χ1) is 7.18. The average Bonchev–Trinajstić information content (AvgIpc) is 2.25. The first-order valence-electron chi connectivity index (χ1n) is 4.87. The van der Waals surface area contributed by atoms with Crippen LogP contribution in [0.1, 0.15) is 12.0 Å². The van der Waals surface area contributed by atoms with Crippen LogP contribution in [0, 0.1) is 0 Å². The molecule has 4 heteroatoms. The van der Waals surface area contributed by atoms with E-state index in [-0.39, 0.29) is 6.54 Å². The van der Waals surface area contributed by atoms with Gasteiger partial charge in [-0.2, -0.15) is 0 Å². The van der Waals surface area contributed by atoms with E-state index in [1.54, 1.807) is 0 Å². The molecule has 1 atom stereocenters. The monoisotopic (exact) mass is 209 g/mol. The zero-order valence-corrected chi connectivity index (χ0v) is 8.39. The maximum atomic E-state index is 10.2. The minimum Gasteiger partial charge on any atom is -0.465 e. The van der Waals surface area contributed by atoms with Crippen molar-refractivity contribution in [3.63, 3.8) is 0 Å². The van der Waals surface area contributed by atoms with Gasteiger partial charge >= 0.3 is 6.09 Å². The van der Waals surface area contributed by atoms with Gasteiger partial charge in [0.05, 0.1) is 6.10 Å². The van der Waals surface area contributed by atoms with Crippen LogP contribution >= 0.6 is 0 Å². The standard InChI is InChI=1S/C11H15NO3/c13-10(8-12-11(14)15)7-6-9-4-2-1-3-5-9/h1-5,10,12-13H,6-8H2,(H,14,15). The number of hydrogen-bond donors (Lipinski definition) is 3. The van der Waals surface area contributed by atoms with Crippen LogP contribution in [-0.4, -0.2) is 29.0 Å². The van der Waals surface area contributed by atoms with Gasteiger partial charge in [-0.15, -0.1) is 0 Å². The smallest absolute Gasteiger partial charge is 0.404 e. The summed E-state index contributed by atoms with van der Waals surface area (Å²) in [5, 5.41) is 19.9. The number of aliphatic hydroxyl groups excluding tert-OH is 1. The summed E-state index contributed by atoms with van der Waals surface area (Å²) in [7, 11) is 0. The topological polar surface area (TPSA) is 69.6 Å². The first kappa shape index (κ1) is 11.5. The minimum absolute atomic E-state index is 0.0855. The summed E-state index contributed by atoms with van der Waals surface area (Å²) >= 11 is 0. The number of nitrogens with one attached hydrogen (secondary N) is 1. The van der Waals surface area contributed by atoms with Crippen molar-refractivity contribution in [2.24, 2.45) is 0 Å². The molecule has 1 aromatic carbocycles. The third-order valence-electron chi connectivity index (χ3n) is 2.10. The van der Waals surface area contributed by atoms with E-state index >= 15 is 0 Å². The number of carbonyl (C=O) groups is 1. The van der Waals surface area contributed by atoms with Gasteiger partial charge in [0.15, 0.2) is 0 Å². The highest BCUT2D eigenvalue weighted by atomic mass is 16.4. The first-order valence-corrected chi connectivity index (χ1v) is 4.87. The number of aryl methyl sites for hydroxylation is 1. The number of aliphatic hydroxyl groups is 1. The van der Waals surface area contributed by atoms with Crippen molar-refractivity contribution < 1.29 is 15.0 Å². The largest absolute Gasteiger partial charge is 0.465 e. The van der Waals surface area contributed by atoms with Crippen molar-refractivity contribution in [2.45, 2.75) is 18.9 Å². The van der Waals surface area contributed by atoms with Crippen LogP contribution in [0.15, 0.2) is 30.3 Å². The van der Waals surface area contributed by atoms with Gasteiger partial charge in [0.25, 0.3) is 0 Å². The lowest BCUT2D eigenvalue weighted by Crippen LogP contribution is -2.31. The average molecular weight is 209 g/mol. The Morgan fingerprint density at radius 3 is 2.60 bits per heavy atom. The molecule has 1 amide bonds. The second-order valence-corrected chi connectivity index (χ2v) is 3.36. The molecule has 1 aromatic rings. The van der Waals surface area contributed by atoms with Crippen molar-refractivity contribution in [3.05, 3.63) is 35.9 Å². The van der Waals surface area contributed by atoms with Crippen LogP contribution in [0.4, 0.5) is 4.79 Å². The van der Waals surface area contributed by atoms with E-state index in [4.69, 9.17) is 5.11 Å². The molecular weight excluding hydrogens is 194 g/mol. The van der Waals surface area contributed by atoms with E-state index in [0.717, 1.165) is 12.0 Å². The summed E-state index contributed by atoms with van der Waals surface area (Å²) in [4.78, 5) is 10.2. The molecule has 0 aliphatic heterocycles. The molecule has 0 aromatic heterocycles. The Balaban J connectivity index is 2.22. The molecule has 0 bridgehead atoms. The number of rotatable bonds is 5. The fraction of sp³-hybridized carbons (Fsp3) is 0.364. The molecule has 0 saturated carbocycles. The molecule has 0 aliphatic carbocycles. The van der Waals surface area contributed by atoms with Crippen LogP contribution < -0.4 is 5.32 Å². The molecule has 82 valence electrons. The Labute approximate surface area is 88.6 Å². The lowest BCUT2D eigenvalue weighted by atomic mass is 10.1. The molecule has 4 nitrogen and oxygen atoms in total. The van der Waals surface area contributed by atoms with Gasteiger partial charge < -0.3 is 15.5 Å². The normalized spacial score (nSPS) is 12.1. The van der Waals surface area contributed by atoms with E-state index in [9.17, 15) is 9.90 Å². The number of benzene rings is 1. The summed E-state index contributed by atoms with van der Waals surface area (Å²) in [6.45, 7) is 0.0855. The van der Waals surface area contributed by atoms with Gasteiger partial charge in [-0.05, 0) is 18.4 Å². The third-order valence-corrected chi connectivity index (χ3v) is 2.10. The highest BCUT2D eigenvalue weighted by Gasteiger charge is 2.05. The van der Waals surface area contributed by atoms with Gasteiger partial charge in [-0.1, -0.05) is 30.3 Å². The van der Waals surface area contributed by atoms with Gasteiger partial charge in [0.2, 0.25) is 0 Å². The Bertz CT molecular complexity index is 300. The molecule has 0 fully saturated rings. The molecule has 0 radical (unpaired) electrons. The van der Waals surface area contributed by atoms with Crippen LogP contribution in [0.5, 0.6) is 0 Å². The zero-order chi connectivity index (χ0) is 11.1. The SMILES string of the molecule is O=C(O)NCC(O)CCc1ccccc1. The molecular formula is C11H15NO3. The number of amides is 1. The molecule has 0 spiro atoms. The maximum Gasteiger partial charge on any atom is 0.404 e. The quantitative estimate of drug-likeness (QED) is 0.683. The number of hydrogen-bond acceptors (Lipinski definition) is 2. The number of carboxylic acid groups (broad SMARTS) is 1. The van der Waals surface area contributed by atoms with Gasteiger partial charge in [0.1, 0.15) is 0 Å². The maximum absolute atomic E-state index is 10.2. The summed E-state index contributed by atoms with van der Waals surface area (Å²) in [6, 6.07) is 9.79. The lowest BCUT2D eigenvalue weighted by Gasteiger charge is -2.09. The lowest BCUT2D eigenvalue weighted by molar-refractivity contribution is 0.150. The van der Waals surface area contributed by atoms with Crippen LogP contribution in [0.2, 0.25) is 0 Å². The highest BCUT2D eigenvalue weighted by Crippen LogP contribution is 2.04. The molecule has 1 rings (SSSR count). The summed E-state index contributed by atoms with van der Waals surface area (Å²) in [6.07, 6.45) is -0.414. The predicted octanol–water partition coefficient (Wildman–Crippen LogP) is 1.25. The van der Waals surface area contributed by atoms with E-state index in [1.807, 2.05) is 30.3 Å². The Hall–Kier alpha value is -1.55. The van der Waals surface area contributed by atoms with E-state index in [2.05, 4.69) is 5.32 Å². The fourth-order valence-electron chi connectivity index (χ4n) is 1.29.